The second-order valence-electron chi connectivity index (χ2n) is 5.13. The van der Waals surface area contributed by atoms with Crippen molar-refractivity contribution in [3.8, 4) is 0 Å². The number of rotatable bonds is 6. The molecular formula is C15H21ClFNS. The van der Waals surface area contributed by atoms with E-state index in [-0.39, 0.29) is 11.9 Å². The average molecular weight is 302 g/mol. The lowest BCUT2D eigenvalue weighted by atomic mass is 10.1. The molecule has 0 heterocycles. The minimum absolute atomic E-state index is 0.196. The Morgan fingerprint density at radius 3 is 2.79 bits per heavy atom. The molecule has 1 nitrogen and oxygen atoms in total. The molecule has 4 heteroatoms. The Labute approximate surface area is 124 Å². The fraction of sp³-hybridized carbons (Fsp3) is 0.600. The van der Waals surface area contributed by atoms with Crippen molar-refractivity contribution in [2.45, 2.75) is 43.4 Å². The molecule has 1 unspecified atom stereocenters. The van der Waals surface area contributed by atoms with Crippen molar-refractivity contribution in [1.29, 1.82) is 0 Å². The molecule has 1 saturated carbocycles. The lowest BCUT2D eigenvalue weighted by Gasteiger charge is -2.19. The maximum absolute atomic E-state index is 13.8. The average Bonchev–Trinajstić information content (AvgIpc) is 2.91. The summed E-state index contributed by atoms with van der Waals surface area (Å²) in [5.74, 6) is 0.824. The molecule has 0 amide bonds. The highest BCUT2D eigenvalue weighted by Crippen LogP contribution is 2.30. The van der Waals surface area contributed by atoms with E-state index in [2.05, 4.69) is 5.32 Å². The third kappa shape index (κ3) is 4.37. The van der Waals surface area contributed by atoms with Crippen LogP contribution in [0.25, 0.3) is 0 Å². The highest BCUT2D eigenvalue weighted by atomic mass is 35.5. The molecule has 106 valence electrons. The topological polar surface area (TPSA) is 12.0 Å². The summed E-state index contributed by atoms with van der Waals surface area (Å²) in [5, 5.41) is 4.61. The third-order valence-corrected chi connectivity index (χ3v) is 5.65. The van der Waals surface area contributed by atoms with Crippen molar-refractivity contribution in [2.75, 3.05) is 12.8 Å². The highest BCUT2D eigenvalue weighted by molar-refractivity contribution is 7.99. The quantitative estimate of drug-likeness (QED) is 0.841. The minimum atomic E-state index is -0.196. The van der Waals surface area contributed by atoms with Crippen molar-refractivity contribution in [3.05, 3.63) is 34.6 Å². The van der Waals surface area contributed by atoms with E-state index in [9.17, 15) is 4.39 Å². The standard InChI is InChI=1S/C15H21ClFNS/c1-18-11(10-19-12-5-2-3-6-12)9-13-14(16)7-4-8-15(13)17/h4,7-8,11-12,18H,2-3,5-6,9-10H2,1H3. The summed E-state index contributed by atoms with van der Waals surface area (Å²) in [6.07, 6.45) is 6.05. The Bertz CT molecular complexity index is 387. The SMILES string of the molecule is CNC(CSC1CCCC1)Cc1c(F)cccc1Cl. The van der Waals surface area contributed by atoms with Crippen molar-refractivity contribution < 1.29 is 4.39 Å². The molecular weight excluding hydrogens is 281 g/mol. The van der Waals surface area contributed by atoms with Crippen molar-refractivity contribution in [3.63, 3.8) is 0 Å². The summed E-state index contributed by atoms with van der Waals surface area (Å²) in [6.45, 7) is 0. The van der Waals surface area contributed by atoms with Gasteiger partial charge < -0.3 is 5.32 Å². The van der Waals surface area contributed by atoms with E-state index in [1.807, 2.05) is 18.8 Å². The maximum Gasteiger partial charge on any atom is 0.127 e. The van der Waals surface area contributed by atoms with Crippen LogP contribution in [0.2, 0.25) is 5.02 Å². The highest BCUT2D eigenvalue weighted by Gasteiger charge is 2.19. The van der Waals surface area contributed by atoms with E-state index in [1.165, 1.54) is 31.7 Å². The van der Waals surface area contributed by atoms with Gasteiger partial charge in [0.2, 0.25) is 0 Å². The zero-order valence-corrected chi connectivity index (χ0v) is 12.9. The van der Waals surface area contributed by atoms with Gasteiger partial charge in [0.05, 0.1) is 0 Å². The normalized spacial score (nSPS) is 17.8. The van der Waals surface area contributed by atoms with Gasteiger partial charge in [0, 0.05) is 27.6 Å². The van der Waals surface area contributed by atoms with Gasteiger partial charge in [-0.3, -0.25) is 0 Å². The van der Waals surface area contributed by atoms with E-state index in [0.717, 1.165) is 11.0 Å². The van der Waals surface area contributed by atoms with Crippen LogP contribution in [0.3, 0.4) is 0 Å². The predicted octanol–water partition coefficient (Wildman–Crippen LogP) is 4.29. The number of benzene rings is 1. The number of thioether (sulfide) groups is 1. The summed E-state index contributed by atoms with van der Waals surface area (Å²) in [7, 11) is 1.94. The van der Waals surface area contributed by atoms with Gasteiger partial charge in [-0.2, -0.15) is 11.8 Å². The van der Waals surface area contributed by atoms with Gasteiger partial charge in [-0.1, -0.05) is 30.5 Å². The monoisotopic (exact) mass is 301 g/mol. The van der Waals surface area contributed by atoms with Gasteiger partial charge in [0.25, 0.3) is 0 Å². The second-order valence-corrected chi connectivity index (χ2v) is 6.87. The fourth-order valence-corrected chi connectivity index (χ4v) is 4.22. The molecule has 1 aliphatic carbocycles. The van der Waals surface area contributed by atoms with Crippen molar-refractivity contribution in [2.24, 2.45) is 0 Å². The molecule has 0 saturated heterocycles. The molecule has 1 aromatic rings. The van der Waals surface area contributed by atoms with Crippen molar-refractivity contribution in [1.82, 2.24) is 5.32 Å². The Balaban J connectivity index is 1.90. The van der Waals surface area contributed by atoms with E-state index >= 15 is 0 Å². The lowest BCUT2D eigenvalue weighted by molar-refractivity contribution is 0.568. The number of likely N-dealkylation sites (N-methyl/N-ethyl adjacent to an activating group) is 1. The molecule has 0 aromatic heterocycles. The van der Waals surface area contributed by atoms with Crippen LogP contribution in [-0.4, -0.2) is 24.1 Å². The summed E-state index contributed by atoms with van der Waals surface area (Å²) >= 11 is 8.10. The lowest BCUT2D eigenvalue weighted by Crippen LogP contribution is -2.31. The molecule has 2 rings (SSSR count). The molecule has 1 fully saturated rings. The Hall–Kier alpha value is -0.250. The summed E-state index contributed by atoms with van der Waals surface area (Å²) in [6, 6.07) is 5.18. The van der Waals surface area contributed by atoms with Gasteiger partial charge in [0.1, 0.15) is 5.82 Å². The molecule has 0 bridgehead atoms. The zero-order valence-electron chi connectivity index (χ0n) is 11.3. The molecule has 1 N–H and O–H groups in total. The first-order valence-electron chi connectivity index (χ1n) is 6.92. The van der Waals surface area contributed by atoms with Crippen molar-refractivity contribution >= 4 is 23.4 Å². The number of nitrogens with one attached hydrogen (secondary N) is 1. The molecule has 0 aliphatic heterocycles. The number of hydrogen-bond acceptors (Lipinski definition) is 2. The van der Waals surface area contributed by atoms with Gasteiger partial charge in [0.15, 0.2) is 0 Å². The Kier molecular flexibility index (Phi) is 5.99. The number of halogens is 2. The van der Waals surface area contributed by atoms with E-state index in [1.54, 1.807) is 12.1 Å². The van der Waals surface area contributed by atoms with Crippen LogP contribution in [0, 0.1) is 5.82 Å². The molecule has 0 spiro atoms. The van der Waals surface area contributed by atoms with Gasteiger partial charge in [-0.15, -0.1) is 0 Å². The molecule has 19 heavy (non-hydrogen) atoms. The van der Waals surface area contributed by atoms with Crippen LogP contribution < -0.4 is 5.32 Å². The largest absolute Gasteiger partial charge is 0.316 e. The van der Waals surface area contributed by atoms with Crippen LogP contribution in [0.1, 0.15) is 31.2 Å². The van der Waals surface area contributed by atoms with Crippen LogP contribution in [-0.2, 0) is 6.42 Å². The first kappa shape index (κ1) is 15.1. The summed E-state index contributed by atoms with van der Waals surface area (Å²) in [4.78, 5) is 0. The van der Waals surface area contributed by atoms with Gasteiger partial charge >= 0.3 is 0 Å². The van der Waals surface area contributed by atoms with Crippen LogP contribution in [0.5, 0.6) is 0 Å². The summed E-state index contributed by atoms with van der Waals surface area (Å²) in [5.41, 5.74) is 0.635. The van der Waals surface area contributed by atoms with E-state index < -0.39 is 0 Å². The molecule has 0 radical (unpaired) electrons. The smallest absolute Gasteiger partial charge is 0.127 e. The first-order chi connectivity index (χ1) is 9.20. The third-order valence-electron chi connectivity index (χ3n) is 3.76. The fourth-order valence-electron chi connectivity index (χ4n) is 2.53. The van der Waals surface area contributed by atoms with Gasteiger partial charge in [-0.05, 0) is 38.4 Å². The zero-order chi connectivity index (χ0) is 13.7. The molecule has 1 aliphatic rings. The maximum atomic E-state index is 13.8. The second kappa shape index (κ2) is 7.51. The Morgan fingerprint density at radius 2 is 2.16 bits per heavy atom. The number of hydrogen-bond donors (Lipinski definition) is 1. The van der Waals surface area contributed by atoms with Crippen LogP contribution in [0.15, 0.2) is 18.2 Å². The van der Waals surface area contributed by atoms with Crippen LogP contribution in [0.4, 0.5) is 4.39 Å². The molecule has 1 aromatic carbocycles. The van der Waals surface area contributed by atoms with E-state index in [4.69, 9.17) is 11.6 Å². The summed E-state index contributed by atoms with van der Waals surface area (Å²) < 4.78 is 13.8. The van der Waals surface area contributed by atoms with Crippen LogP contribution >= 0.6 is 23.4 Å². The Morgan fingerprint density at radius 1 is 1.42 bits per heavy atom. The first-order valence-corrected chi connectivity index (χ1v) is 8.35. The van der Waals surface area contributed by atoms with E-state index in [0.29, 0.717) is 17.0 Å². The molecule has 1 atom stereocenters. The van der Waals surface area contributed by atoms with Gasteiger partial charge in [-0.25, -0.2) is 4.39 Å². The predicted molar refractivity (Wildman–Crippen MR) is 82.7 cm³/mol. The minimum Gasteiger partial charge on any atom is -0.316 e.